The molecule has 0 bridgehead atoms. The molecule has 0 aliphatic carbocycles. The lowest BCUT2D eigenvalue weighted by Crippen LogP contribution is -2.43. The van der Waals surface area contributed by atoms with Gasteiger partial charge in [0, 0.05) is 18.0 Å². The van der Waals surface area contributed by atoms with Gasteiger partial charge in [-0.1, -0.05) is 12.1 Å². The minimum atomic E-state index is -4.69. The van der Waals surface area contributed by atoms with Gasteiger partial charge in [0.2, 0.25) is 0 Å². The monoisotopic (exact) mass is 341 g/mol. The molecule has 1 heterocycles. The van der Waals surface area contributed by atoms with Crippen LogP contribution in [0.25, 0.3) is 0 Å². The molecule has 0 radical (unpaired) electrons. The van der Waals surface area contributed by atoms with Crippen LogP contribution in [-0.4, -0.2) is 39.0 Å². The van der Waals surface area contributed by atoms with Crippen LogP contribution in [0.2, 0.25) is 0 Å². The van der Waals surface area contributed by atoms with Gasteiger partial charge in [0.15, 0.2) is 0 Å². The number of nitrogens with zero attached hydrogens (tertiary/aromatic N) is 2. The molecule has 24 heavy (non-hydrogen) atoms. The van der Waals surface area contributed by atoms with Gasteiger partial charge in [-0.2, -0.15) is 18.3 Å². The van der Waals surface area contributed by atoms with Crippen LogP contribution in [0.5, 0.6) is 0 Å². The molecule has 9 heteroatoms. The second-order valence-electron chi connectivity index (χ2n) is 5.08. The van der Waals surface area contributed by atoms with Crippen LogP contribution < -0.4 is 5.32 Å². The number of aromatic nitrogens is 2. The Kier molecular flexibility index (Phi) is 5.22. The second kappa shape index (κ2) is 7.16. The summed E-state index contributed by atoms with van der Waals surface area (Å²) in [4.78, 5) is 22.8. The Morgan fingerprint density at radius 2 is 1.92 bits per heavy atom. The number of rotatable bonds is 6. The first kappa shape index (κ1) is 17.5. The molecule has 1 aromatic heterocycles. The van der Waals surface area contributed by atoms with E-state index in [4.69, 9.17) is 5.11 Å². The Balaban J connectivity index is 2.02. The highest BCUT2D eigenvalue weighted by molar-refractivity contribution is 5.96. The van der Waals surface area contributed by atoms with E-state index in [1.807, 2.05) is 5.32 Å². The topological polar surface area (TPSA) is 84.2 Å². The van der Waals surface area contributed by atoms with Crippen LogP contribution in [0.4, 0.5) is 13.2 Å². The third-order valence-corrected chi connectivity index (χ3v) is 3.16. The van der Waals surface area contributed by atoms with Gasteiger partial charge in [-0.15, -0.1) is 0 Å². The van der Waals surface area contributed by atoms with E-state index in [0.29, 0.717) is 6.54 Å². The highest BCUT2D eigenvalue weighted by Crippen LogP contribution is 2.22. The first-order valence-electron chi connectivity index (χ1n) is 6.91. The molecule has 6 nitrogen and oxygen atoms in total. The van der Waals surface area contributed by atoms with Gasteiger partial charge in [0.1, 0.15) is 6.04 Å². The third-order valence-electron chi connectivity index (χ3n) is 3.16. The molecule has 0 fully saturated rings. The van der Waals surface area contributed by atoms with E-state index in [9.17, 15) is 22.8 Å². The van der Waals surface area contributed by atoms with E-state index >= 15 is 0 Å². The smallest absolute Gasteiger partial charge is 0.391 e. The molecule has 2 rings (SSSR count). The Bertz CT molecular complexity index is 697. The SMILES string of the molecule is O=C(NC(CC(F)(F)F)C(=O)O)c1ccc(Cn2cccn2)cc1. The molecule has 0 saturated carbocycles. The predicted molar refractivity (Wildman–Crippen MR) is 77.3 cm³/mol. The van der Waals surface area contributed by atoms with E-state index in [1.165, 1.54) is 12.1 Å². The molecule has 2 aromatic rings. The third kappa shape index (κ3) is 5.11. The van der Waals surface area contributed by atoms with Crippen LogP contribution in [-0.2, 0) is 11.3 Å². The van der Waals surface area contributed by atoms with Crippen molar-refractivity contribution in [3.05, 3.63) is 53.9 Å². The highest BCUT2D eigenvalue weighted by atomic mass is 19.4. The number of carboxylic acid groups (broad SMARTS) is 1. The summed E-state index contributed by atoms with van der Waals surface area (Å²) in [5.41, 5.74) is 0.910. The maximum absolute atomic E-state index is 12.3. The zero-order valence-corrected chi connectivity index (χ0v) is 12.3. The van der Waals surface area contributed by atoms with E-state index in [2.05, 4.69) is 5.10 Å². The van der Waals surface area contributed by atoms with Gasteiger partial charge in [0.25, 0.3) is 5.91 Å². The lowest BCUT2D eigenvalue weighted by molar-refractivity contribution is -0.157. The first-order chi connectivity index (χ1) is 11.2. The van der Waals surface area contributed by atoms with Crippen LogP contribution in [0, 0.1) is 0 Å². The maximum atomic E-state index is 12.3. The molecule has 128 valence electrons. The molecule has 0 aliphatic rings. The molecule has 1 aromatic carbocycles. The zero-order valence-electron chi connectivity index (χ0n) is 12.3. The molecule has 1 unspecified atom stereocenters. The van der Waals surface area contributed by atoms with Gasteiger partial charge in [-0.25, -0.2) is 4.79 Å². The number of halogens is 3. The van der Waals surface area contributed by atoms with Crippen molar-refractivity contribution in [3.63, 3.8) is 0 Å². The summed E-state index contributed by atoms with van der Waals surface area (Å²) in [6.07, 6.45) is -2.95. The summed E-state index contributed by atoms with van der Waals surface area (Å²) < 4.78 is 38.7. The molecule has 0 aliphatic heterocycles. The van der Waals surface area contributed by atoms with E-state index in [-0.39, 0.29) is 5.56 Å². The van der Waals surface area contributed by atoms with Gasteiger partial charge in [0.05, 0.1) is 13.0 Å². The fraction of sp³-hybridized carbons (Fsp3) is 0.267. The maximum Gasteiger partial charge on any atom is 0.391 e. The number of aliphatic carboxylic acids is 1. The first-order valence-corrected chi connectivity index (χ1v) is 6.91. The standard InChI is InChI=1S/C15H14F3N3O3/c16-15(17,18)8-12(14(23)24)20-13(22)11-4-2-10(3-5-11)9-21-7-1-6-19-21/h1-7,12H,8-9H2,(H,20,22)(H,23,24). The number of hydrogen-bond donors (Lipinski definition) is 2. The van der Waals surface area contributed by atoms with Gasteiger partial charge >= 0.3 is 12.1 Å². The highest BCUT2D eigenvalue weighted by Gasteiger charge is 2.36. The number of amides is 1. The van der Waals surface area contributed by atoms with Gasteiger partial charge < -0.3 is 10.4 Å². The van der Waals surface area contributed by atoms with E-state index in [1.54, 1.807) is 35.3 Å². The van der Waals surface area contributed by atoms with Crippen molar-refractivity contribution in [3.8, 4) is 0 Å². The van der Waals surface area contributed by atoms with Crippen LogP contribution in [0.15, 0.2) is 42.7 Å². The van der Waals surface area contributed by atoms with Crippen molar-refractivity contribution in [2.75, 3.05) is 0 Å². The van der Waals surface area contributed by atoms with Crippen molar-refractivity contribution in [1.82, 2.24) is 15.1 Å². The average molecular weight is 341 g/mol. The fourth-order valence-electron chi connectivity index (χ4n) is 2.02. The summed E-state index contributed by atoms with van der Waals surface area (Å²) in [7, 11) is 0. The normalized spacial score (nSPS) is 12.6. The number of carbonyl (C=O) groups is 2. The van der Waals surface area contributed by atoms with Crippen LogP contribution >= 0.6 is 0 Å². The van der Waals surface area contributed by atoms with Crippen molar-refractivity contribution in [2.45, 2.75) is 25.2 Å². The Hall–Kier alpha value is -2.84. The molecular weight excluding hydrogens is 327 g/mol. The lowest BCUT2D eigenvalue weighted by atomic mass is 10.1. The van der Waals surface area contributed by atoms with Crippen LogP contribution in [0.1, 0.15) is 22.3 Å². The minimum absolute atomic E-state index is 0.0765. The Morgan fingerprint density at radius 3 is 2.42 bits per heavy atom. The largest absolute Gasteiger partial charge is 0.480 e. The lowest BCUT2D eigenvalue weighted by Gasteiger charge is -2.16. The van der Waals surface area contributed by atoms with Gasteiger partial charge in [-0.05, 0) is 23.8 Å². The van der Waals surface area contributed by atoms with Crippen molar-refractivity contribution in [2.24, 2.45) is 0 Å². The Morgan fingerprint density at radius 1 is 1.25 bits per heavy atom. The number of carbonyl (C=O) groups excluding carboxylic acids is 1. The Labute approximate surface area is 134 Å². The number of nitrogens with one attached hydrogen (secondary N) is 1. The molecule has 1 amide bonds. The molecular formula is C15H14F3N3O3. The summed E-state index contributed by atoms with van der Waals surface area (Å²) in [6, 6.07) is 5.81. The zero-order chi connectivity index (χ0) is 17.7. The molecule has 2 N–H and O–H groups in total. The summed E-state index contributed by atoms with van der Waals surface area (Å²) >= 11 is 0. The summed E-state index contributed by atoms with van der Waals surface area (Å²) in [5.74, 6) is -2.62. The minimum Gasteiger partial charge on any atom is -0.480 e. The number of benzene rings is 1. The van der Waals surface area contributed by atoms with E-state index < -0.39 is 30.5 Å². The number of hydrogen-bond acceptors (Lipinski definition) is 3. The fourth-order valence-corrected chi connectivity index (χ4v) is 2.02. The predicted octanol–water partition coefficient (Wildman–Crippen LogP) is 2.07. The van der Waals surface area contributed by atoms with Crippen molar-refractivity contribution >= 4 is 11.9 Å². The van der Waals surface area contributed by atoms with Gasteiger partial charge in [-0.3, -0.25) is 9.48 Å². The number of alkyl halides is 3. The summed E-state index contributed by atoms with van der Waals surface area (Å²) in [5, 5.41) is 14.7. The van der Waals surface area contributed by atoms with E-state index in [0.717, 1.165) is 5.56 Å². The average Bonchev–Trinajstić information content (AvgIpc) is 2.98. The van der Waals surface area contributed by atoms with Crippen LogP contribution in [0.3, 0.4) is 0 Å². The summed E-state index contributed by atoms with van der Waals surface area (Å²) in [6.45, 7) is 0.473. The second-order valence-corrected chi connectivity index (χ2v) is 5.08. The molecule has 0 saturated heterocycles. The number of carboxylic acids is 1. The van der Waals surface area contributed by atoms with Crippen molar-refractivity contribution < 1.29 is 27.9 Å². The molecule has 1 atom stereocenters. The van der Waals surface area contributed by atoms with Crippen molar-refractivity contribution in [1.29, 1.82) is 0 Å². The molecule has 0 spiro atoms. The quantitative estimate of drug-likeness (QED) is 0.842.